The smallest absolute Gasteiger partial charge is 0.226 e. The molecule has 0 radical (unpaired) electrons. The van der Waals surface area contributed by atoms with Crippen LogP contribution in [0.15, 0.2) is 24.3 Å². The molecule has 1 N–H and O–H groups in total. The Labute approximate surface area is 120 Å². The first kappa shape index (κ1) is 13.6. The monoisotopic (exact) mass is 273 g/mol. The first-order chi connectivity index (χ1) is 9.58. The fourth-order valence-electron chi connectivity index (χ4n) is 3.10. The maximum atomic E-state index is 12.4. The number of benzene rings is 1. The van der Waals surface area contributed by atoms with Gasteiger partial charge in [-0.05, 0) is 49.1 Å². The molecule has 1 amide bonds. The highest BCUT2D eigenvalue weighted by atomic mass is 16.3. The van der Waals surface area contributed by atoms with Crippen LogP contribution in [0.1, 0.15) is 36.3 Å². The normalized spacial score (nSPS) is 26.1. The Balaban J connectivity index is 1.58. The lowest BCUT2D eigenvalue weighted by atomic mass is 10.0. The molecule has 20 heavy (non-hydrogen) atoms. The van der Waals surface area contributed by atoms with Gasteiger partial charge in [0.05, 0.1) is 6.10 Å². The predicted molar refractivity (Wildman–Crippen MR) is 78.4 cm³/mol. The predicted octanol–water partition coefficient (Wildman–Crippen LogP) is 2.33. The molecule has 1 aromatic carbocycles. The molecule has 3 rings (SSSR count). The van der Waals surface area contributed by atoms with E-state index in [1.807, 2.05) is 19.2 Å². The number of carbonyl (C=O) groups excluding carboxylic acids is 1. The van der Waals surface area contributed by atoms with Gasteiger partial charge in [0.1, 0.15) is 0 Å². The summed E-state index contributed by atoms with van der Waals surface area (Å²) in [6.45, 7) is 2.59. The summed E-state index contributed by atoms with van der Waals surface area (Å²) in [4.78, 5) is 14.1. The fourth-order valence-corrected chi connectivity index (χ4v) is 3.10. The molecule has 1 aromatic rings. The van der Waals surface area contributed by atoms with Crippen molar-refractivity contribution in [2.45, 2.75) is 38.2 Å². The minimum atomic E-state index is -0.334. The number of carbonyl (C=O) groups is 1. The molecule has 0 spiro atoms. The Kier molecular flexibility index (Phi) is 3.55. The third kappa shape index (κ3) is 2.73. The van der Waals surface area contributed by atoms with Crippen molar-refractivity contribution in [2.75, 3.05) is 13.6 Å². The zero-order chi connectivity index (χ0) is 14.3. The molecule has 0 aliphatic heterocycles. The van der Waals surface area contributed by atoms with Crippen molar-refractivity contribution in [1.82, 2.24) is 4.90 Å². The molecule has 3 nitrogen and oxygen atoms in total. The van der Waals surface area contributed by atoms with Gasteiger partial charge in [-0.15, -0.1) is 0 Å². The van der Waals surface area contributed by atoms with Crippen molar-refractivity contribution in [1.29, 1.82) is 0 Å². The van der Waals surface area contributed by atoms with E-state index in [1.54, 1.807) is 4.90 Å². The maximum absolute atomic E-state index is 12.4. The van der Waals surface area contributed by atoms with E-state index >= 15 is 0 Å². The van der Waals surface area contributed by atoms with E-state index in [0.717, 1.165) is 19.3 Å². The number of likely N-dealkylation sites (N-methyl/N-ethyl adjacent to an activating group) is 1. The van der Waals surface area contributed by atoms with Crippen LogP contribution in [-0.4, -0.2) is 35.6 Å². The van der Waals surface area contributed by atoms with E-state index in [4.69, 9.17) is 0 Å². The number of amides is 1. The maximum Gasteiger partial charge on any atom is 0.226 e. The van der Waals surface area contributed by atoms with Gasteiger partial charge in [-0.1, -0.05) is 24.3 Å². The first-order valence-electron chi connectivity index (χ1n) is 7.56. The highest BCUT2D eigenvalue weighted by Crippen LogP contribution is 2.49. The summed E-state index contributed by atoms with van der Waals surface area (Å²) in [5, 5.41) is 9.94. The quantitative estimate of drug-likeness (QED) is 0.894. The van der Waals surface area contributed by atoms with Gasteiger partial charge in [-0.25, -0.2) is 0 Å². The van der Waals surface area contributed by atoms with Crippen LogP contribution in [-0.2, 0) is 4.79 Å². The van der Waals surface area contributed by atoms with Gasteiger partial charge in [0, 0.05) is 19.5 Å². The molecule has 108 valence electrons. The number of nitrogens with zero attached hydrogens (tertiary/aromatic N) is 1. The van der Waals surface area contributed by atoms with Gasteiger partial charge in [-0.3, -0.25) is 4.79 Å². The molecule has 2 aliphatic carbocycles. The number of aliphatic hydroxyl groups excluding tert-OH is 1. The Morgan fingerprint density at radius 3 is 2.75 bits per heavy atom. The molecule has 0 aromatic heterocycles. The van der Waals surface area contributed by atoms with Crippen LogP contribution in [0.3, 0.4) is 0 Å². The van der Waals surface area contributed by atoms with E-state index < -0.39 is 0 Å². The summed E-state index contributed by atoms with van der Waals surface area (Å²) in [7, 11) is 1.82. The van der Waals surface area contributed by atoms with Crippen LogP contribution in [0.2, 0.25) is 0 Å². The number of hydrogen-bond donors (Lipinski definition) is 1. The molecule has 0 bridgehead atoms. The van der Waals surface area contributed by atoms with Crippen LogP contribution in [0, 0.1) is 18.8 Å². The standard InChI is InChI=1S/C17H23NO2/c1-11-5-3-4-6-13(11)14-9-15(14)17(20)18(2)10-16(19)12-7-8-12/h3-6,12,14-16,19H,7-10H2,1-2H3. The average molecular weight is 273 g/mol. The van der Waals surface area contributed by atoms with E-state index in [1.165, 1.54) is 11.1 Å². The van der Waals surface area contributed by atoms with Gasteiger partial charge in [0.15, 0.2) is 0 Å². The Hall–Kier alpha value is -1.35. The van der Waals surface area contributed by atoms with Crippen molar-refractivity contribution < 1.29 is 9.90 Å². The Morgan fingerprint density at radius 1 is 1.40 bits per heavy atom. The largest absolute Gasteiger partial charge is 0.391 e. The molecule has 2 saturated carbocycles. The zero-order valence-electron chi connectivity index (χ0n) is 12.2. The lowest BCUT2D eigenvalue weighted by Gasteiger charge is -2.21. The highest BCUT2D eigenvalue weighted by molar-refractivity contribution is 5.83. The summed E-state index contributed by atoms with van der Waals surface area (Å²) in [5.41, 5.74) is 2.58. The second-order valence-corrected chi connectivity index (χ2v) is 6.43. The van der Waals surface area contributed by atoms with E-state index in [2.05, 4.69) is 19.1 Å². The van der Waals surface area contributed by atoms with Gasteiger partial charge in [0.2, 0.25) is 5.91 Å². The summed E-state index contributed by atoms with van der Waals surface area (Å²) in [6.07, 6.45) is 2.84. The van der Waals surface area contributed by atoms with Crippen molar-refractivity contribution in [3.63, 3.8) is 0 Å². The van der Waals surface area contributed by atoms with Gasteiger partial charge in [0.25, 0.3) is 0 Å². The van der Waals surface area contributed by atoms with Crippen molar-refractivity contribution in [3.05, 3.63) is 35.4 Å². The number of aryl methyl sites for hydroxylation is 1. The van der Waals surface area contributed by atoms with E-state index in [0.29, 0.717) is 18.4 Å². The molecule has 0 saturated heterocycles. The molecule has 3 atom stereocenters. The summed E-state index contributed by atoms with van der Waals surface area (Å²) in [6, 6.07) is 8.32. The minimum Gasteiger partial charge on any atom is -0.391 e. The molecular weight excluding hydrogens is 250 g/mol. The van der Waals surface area contributed by atoms with Crippen LogP contribution >= 0.6 is 0 Å². The lowest BCUT2D eigenvalue weighted by Crippen LogP contribution is -2.36. The Bertz CT molecular complexity index is 509. The molecule has 2 fully saturated rings. The van der Waals surface area contributed by atoms with Crippen molar-refractivity contribution in [3.8, 4) is 0 Å². The molecular formula is C17H23NO2. The fraction of sp³-hybridized carbons (Fsp3) is 0.588. The van der Waals surface area contributed by atoms with Crippen LogP contribution in [0.4, 0.5) is 0 Å². The van der Waals surface area contributed by atoms with Crippen LogP contribution < -0.4 is 0 Å². The molecule has 2 aliphatic rings. The second-order valence-electron chi connectivity index (χ2n) is 6.43. The van der Waals surface area contributed by atoms with E-state index in [-0.39, 0.29) is 17.9 Å². The third-order valence-corrected chi connectivity index (χ3v) is 4.70. The number of hydrogen-bond acceptors (Lipinski definition) is 2. The van der Waals surface area contributed by atoms with Gasteiger partial charge < -0.3 is 10.0 Å². The lowest BCUT2D eigenvalue weighted by molar-refractivity contribution is -0.132. The van der Waals surface area contributed by atoms with Crippen molar-refractivity contribution >= 4 is 5.91 Å². The molecule has 0 heterocycles. The summed E-state index contributed by atoms with van der Waals surface area (Å²) >= 11 is 0. The van der Waals surface area contributed by atoms with Crippen LogP contribution in [0.5, 0.6) is 0 Å². The summed E-state index contributed by atoms with van der Waals surface area (Å²) in [5.74, 6) is 1.12. The highest BCUT2D eigenvalue weighted by Gasteiger charge is 2.46. The van der Waals surface area contributed by atoms with Crippen molar-refractivity contribution in [2.24, 2.45) is 11.8 Å². The summed E-state index contributed by atoms with van der Waals surface area (Å²) < 4.78 is 0. The molecule has 3 unspecified atom stereocenters. The Morgan fingerprint density at radius 2 is 2.10 bits per heavy atom. The number of aliphatic hydroxyl groups is 1. The SMILES string of the molecule is Cc1ccccc1C1CC1C(=O)N(C)CC(O)C1CC1. The second kappa shape index (κ2) is 5.21. The third-order valence-electron chi connectivity index (χ3n) is 4.70. The number of rotatable bonds is 5. The van der Waals surface area contributed by atoms with Gasteiger partial charge in [-0.2, -0.15) is 0 Å². The zero-order valence-corrected chi connectivity index (χ0v) is 12.2. The van der Waals surface area contributed by atoms with Gasteiger partial charge >= 0.3 is 0 Å². The first-order valence-corrected chi connectivity index (χ1v) is 7.56. The average Bonchev–Trinajstić information content (AvgIpc) is 3.29. The van der Waals surface area contributed by atoms with E-state index in [9.17, 15) is 9.90 Å². The molecule has 3 heteroatoms. The minimum absolute atomic E-state index is 0.118. The van der Waals surface area contributed by atoms with Crippen LogP contribution in [0.25, 0.3) is 0 Å². The topological polar surface area (TPSA) is 40.5 Å².